The number of hydrogen-bond acceptors (Lipinski definition) is 6. The van der Waals surface area contributed by atoms with Gasteiger partial charge < -0.3 is 9.47 Å². The highest BCUT2D eigenvalue weighted by atomic mass is 16.5. The van der Waals surface area contributed by atoms with Crippen LogP contribution in [-0.2, 0) is 0 Å². The zero-order valence-corrected chi connectivity index (χ0v) is 15.5. The lowest BCUT2D eigenvalue weighted by atomic mass is 10.0. The first-order chi connectivity index (χ1) is 13.0. The predicted molar refractivity (Wildman–Crippen MR) is 99.1 cm³/mol. The molecule has 4 heterocycles. The van der Waals surface area contributed by atoms with Gasteiger partial charge in [-0.2, -0.15) is 5.10 Å². The number of aryl methyl sites for hydroxylation is 1. The van der Waals surface area contributed by atoms with Crippen LogP contribution in [-0.4, -0.2) is 40.3 Å². The molecule has 0 bridgehead atoms. The van der Waals surface area contributed by atoms with Gasteiger partial charge >= 0.3 is 0 Å². The summed E-state index contributed by atoms with van der Waals surface area (Å²) in [5, 5.41) is 6.70. The number of ether oxygens (including phenoxy) is 2. The Bertz CT molecular complexity index is 1020. The summed E-state index contributed by atoms with van der Waals surface area (Å²) in [6, 6.07) is 3.53. The third kappa shape index (κ3) is 2.61. The SMILES string of the molecule is COc1cc(-c2cc(C)c3c(n2)C(C)N(c2cn[nH]c2)C3=O)cnc1OC. The van der Waals surface area contributed by atoms with Crippen molar-refractivity contribution in [3.63, 3.8) is 0 Å². The third-order valence-electron chi connectivity index (χ3n) is 4.75. The van der Waals surface area contributed by atoms with E-state index in [4.69, 9.17) is 14.5 Å². The molecule has 0 aromatic carbocycles. The van der Waals surface area contributed by atoms with E-state index in [1.807, 2.05) is 26.0 Å². The second-order valence-electron chi connectivity index (χ2n) is 6.33. The van der Waals surface area contributed by atoms with E-state index in [1.165, 1.54) is 0 Å². The maximum atomic E-state index is 13.0. The van der Waals surface area contributed by atoms with E-state index in [1.54, 1.807) is 37.7 Å². The number of H-pyrrole nitrogens is 1. The number of anilines is 1. The second kappa shape index (κ2) is 6.39. The molecule has 1 aliphatic rings. The molecule has 138 valence electrons. The molecule has 8 heteroatoms. The van der Waals surface area contributed by atoms with E-state index in [0.717, 1.165) is 28.2 Å². The van der Waals surface area contributed by atoms with Crippen molar-refractivity contribution in [3.8, 4) is 22.9 Å². The van der Waals surface area contributed by atoms with Crippen molar-refractivity contribution in [2.75, 3.05) is 19.1 Å². The lowest BCUT2D eigenvalue weighted by Crippen LogP contribution is -2.25. The van der Waals surface area contributed by atoms with E-state index in [-0.39, 0.29) is 11.9 Å². The molecular weight excluding hydrogens is 346 g/mol. The zero-order chi connectivity index (χ0) is 19.1. The molecule has 8 nitrogen and oxygen atoms in total. The summed E-state index contributed by atoms with van der Waals surface area (Å²) in [5.41, 5.74) is 4.49. The Morgan fingerprint density at radius 3 is 2.67 bits per heavy atom. The van der Waals surface area contributed by atoms with Crippen LogP contribution < -0.4 is 14.4 Å². The van der Waals surface area contributed by atoms with E-state index in [2.05, 4.69) is 15.2 Å². The molecule has 1 atom stereocenters. The highest BCUT2D eigenvalue weighted by Gasteiger charge is 2.38. The number of hydrogen-bond donors (Lipinski definition) is 1. The van der Waals surface area contributed by atoms with Gasteiger partial charge in [-0.3, -0.25) is 14.8 Å². The Morgan fingerprint density at radius 1 is 1.19 bits per heavy atom. The Kier molecular flexibility index (Phi) is 4.02. The van der Waals surface area contributed by atoms with Crippen LogP contribution >= 0.6 is 0 Å². The second-order valence-corrected chi connectivity index (χ2v) is 6.33. The smallest absolute Gasteiger partial charge is 0.261 e. The fourth-order valence-corrected chi connectivity index (χ4v) is 3.43. The minimum atomic E-state index is -0.197. The monoisotopic (exact) mass is 365 g/mol. The number of methoxy groups -OCH3 is 2. The fraction of sp³-hybridized carbons (Fsp3) is 0.263. The van der Waals surface area contributed by atoms with Gasteiger partial charge in [0.05, 0.1) is 49.1 Å². The molecule has 1 amide bonds. The summed E-state index contributed by atoms with van der Waals surface area (Å²) in [7, 11) is 3.11. The minimum Gasteiger partial charge on any atom is -0.491 e. The number of aromatic amines is 1. The molecule has 1 N–H and O–H groups in total. The van der Waals surface area contributed by atoms with Crippen molar-refractivity contribution in [1.29, 1.82) is 0 Å². The van der Waals surface area contributed by atoms with Crippen molar-refractivity contribution in [2.45, 2.75) is 19.9 Å². The van der Waals surface area contributed by atoms with Gasteiger partial charge in [-0.05, 0) is 31.5 Å². The highest BCUT2D eigenvalue weighted by molar-refractivity contribution is 6.11. The number of nitrogens with zero attached hydrogens (tertiary/aromatic N) is 4. The number of fused-ring (bicyclic) bond motifs is 1. The number of carbonyl (C=O) groups excluding carboxylic acids is 1. The Morgan fingerprint density at radius 2 is 2.00 bits per heavy atom. The Balaban J connectivity index is 1.81. The van der Waals surface area contributed by atoms with Crippen LogP contribution in [0.4, 0.5) is 5.69 Å². The van der Waals surface area contributed by atoms with Crippen molar-refractivity contribution < 1.29 is 14.3 Å². The van der Waals surface area contributed by atoms with Gasteiger partial charge in [-0.15, -0.1) is 0 Å². The van der Waals surface area contributed by atoms with Crippen LogP contribution in [0.3, 0.4) is 0 Å². The van der Waals surface area contributed by atoms with Gasteiger partial charge in [0.15, 0.2) is 5.75 Å². The van der Waals surface area contributed by atoms with E-state index in [0.29, 0.717) is 17.2 Å². The molecule has 3 aromatic heterocycles. The van der Waals surface area contributed by atoms with Gasteiger partial charge in [0, 0.05) is 18.0 Å². The molecule has 1 unspecified atom stereocenters. The molecule has 27 heavy (non-hydrogen) atoms. The van der Waals surface area contributed by atoms with Crippen LogP contribution in [0.5, 0.6) is 11.6 Å². The summed E-state index contributed by atoms with van der Waals surface area (Å²) < 4.78 is 10.5. The summed E-state index contributed by atoms with van der Waals surface area (Å²) >= 11 is 0. The molecule has 0 saturated carbocycles. The topological polar surface area (TPSA) is 93.2 Å². The van der Waals surface area contributed by atoms with Crippen LogP contribution in [0.2, 0.25) is 0 Å². The largest absolute Gasteiger partial charge is 0.491 e. The summed E-state index contributed by atoms with van der Waals surface area (Å²) in [6.07, 6.45) is 5.02. The van der Waals surface area contributed by atoms with Crippen LogP contribution in [0, 0.1) is 6.92 Å². The first-order valence-corrected chi connectivity index (χ1v) is 8.47. The summed E-state index contributed by atoms with van der Waals surface area (Å²) in [6.45, 7) is 3.88. The number of pyridine rings is 2. The Labute approximate surface area is 156 Å². The van der Waals surface area contributed by atoms with Gasteiger partial charge in [0.25, 0.3) is 11.8 Å². The molecule has 4 rings (SSSR count). The predicted octanol–water partition coefficient (Wildman–Crippen LogP) is 2.91. The maximum Gasteiger partial charge on any atom is 0.261 e. The molecule has 3 aromatic rings. The van der Waals surface area contributed by atoms with Crippen molar-refractivity contribution in [2.24, 2.45) is 0 Å². The van der Waals surface area contributed by atoms with Gasteiger partial charge in [-0.1, -0.05) is 0 Å². The van der Waals surface area contributed by atoms with Gasteiger partial charge in [0.1, 0.15) is 0 Å². The molecule has 0 saturated heterocycles. The number of aromatic nitrogens is 4. The number of amides is 1. The average molecular weight is 365 g/mol. The molecule has 0 fully saturated rings. The highest BCUT2D eigenvalue weighted by Crippen LogP contribution is 2.39. The molecule has 0 aliphatic carbocycles. The van der Waals surface area contributed by atoms with Gasteiger partial charge in [0.2, 0.25) is 0 Å². The fourth-order valence-electron chi connectivity index (χ4n) is 3.43. The molecule has 0 spiro atoms. The van der Waals surface area contributed by atoms with E-state index >= 15 is 0 Å². The zero-order valence-electron chi connectivity index (χ0n) is 15.5. The van der Waals surface area contributed by atoms with Gasteiger partial charge in [-0.25, -0.2) is 9.97 Å². The average Bonchev–Trinajstić information content (AvgIpc) is 3.28. The number of carbonyl (C=O) groups is 1. The lowest BCUT2D eigenvalue weighted by Gasteiger charge is -2.19. The van der Waals surface area contributed by atoms with E-state index < -0.39 is 0 Å². The first-order valence-electron chi connectivity index (χ1n) is 8.47. The third-order valence-corrected chi connectivity index (χ3v) is 4.75. The van der Waals surface area contributed by atoms with Crippen molar-refractivity contribution in [1.82, 2.24) is 20.2 Å². The standard InChI is InChI=1S/C19H19N5O3/c1-10-5-14(12-6-15(26-3)18(27-4)20-7-12)23-17-11(2)24(19(25)16(10)17)13-8-21-22-9-13/h5-9,11H,1-4H3,(H,21,22). The maximum absolute atomic E-state index is 13.0. The quantitative estimate of drug-likeness (QED) is 0.764. The minimum absolute atomic E-state index is 0.0686. The van der Waals surface area contributed by atoms with E-state index in [9.17, 15) is 4.79 Å². The molecule has 0 radical (unpaired) electrons. The lowest BCUT2D eigenvalue weighted by molar-refractivity contribution is 0.0992. The van der Waals surface area contributed by atoms with Crippen molar-refractivity contribution >= 4 is 11.6 Å². The molecular formula is C19H19N5O3. The van der Waals surface area contributed by atoms with Crippen LogP contribution in [0.15, 0.2) is 30.7 Å². The van der Waals surface area contributed by atoms with Crippen LogP contribution in [0.1, 0.15) is 34.6 Å². The molecule has 1 aliphatic heterocycles. The summed E-state index contributed by atoms with van der Waals surface area (Å²) in [5.74, 6) is 0.869. The number of rotatable bonds is 4. The first kappa shape index (κ1) is 17.0. The summed E-state index contributed by atoms with van der Waals surface area (Å²) in [4.78, 5) is 23.7. The Hall–Kier alpha value is -3.42. The normalized spacial score (nSPS) is 15.8. The number of nitrogens with one attached hydrogen (secondary N) is 1. The van der Waals surface area contributed by atoms with Crippen LogP contribution in [0.25, 0.3) is 11.3 Å². The van der Waals surface area contributed by atoms with Crippen molar-refractivity contribution in [3.05, 3.63) is 47.5 Å².